The molecule has 0 unspecified atom stereocenters. The van der Waals surface area contributed by atoms with Gasteiger partial charge in [0.25, 0.3) is 0 Å². The normalized spacial score (nSPS) is 12.7. The maximum absolute atomic E-state index is 5.50. The van der Waals surface area contributed by atoms with Crippen molar-refractivity contribution in [3.63, 3.8) is 0 Å². The van der Waals surface area contributed by atoms with Gasteiger partial charge >= 0.3 is 0 Å². The van der Waals surface area contributed by atoms with Crippen molar-refractivity contribution >= 4 is 10.8 Å². The summed E-state index contributed by atoms with van der Waals surface area (Å²) in [5.74, 6) is 0. The zero-order chi connectivity index (χ0) is 13.5. The van der Waals surface area contributed by atoms with Crippen molar-refractivity contribution in [3.8, 4) is 0 Å². The molecule has 0 aliphatic heterocycles. The second kappa shape index (κ2) is 7.27. The molecule has 0 saturated heterocycles. The van der Waals surface area contributed by atoms with Crippen LogP contribution >= 0.6 is 0 Å². The van der Waals surface area contributed by atoms with Crippen molar-refractivity contribution in [1.29, 1.82) is 0 Å². The number of nitrogens with one attached hydrogen (secondary N) is 1. The fourth-order valence-electron chi connectivity index (χ4n) is 2.50. The van der Waals surface area contributed by atoms with Crippen LogP contribution < -0.4 is 11.1 Å². The second-order valence-electron chi connectivity index (χ2n) is 5.09. The topological polar surface area (TPSA) is 38.0 Å². The zero-order valence-electron chi connectivity index (χ0n) is 11.7. The Morgan fingerprint density at radius 1 is 1.00 bits per heavy atom. The molecule has 102 valence electrons. The van der Waals surface area contributed by atoms with E-state index in [0.29, 0.717) is 6.04 Å². The fraction of sp³-hybridized carbons (Fsp3) is 0.412. The van der Waals surface area contributed by atoms with Crippen molar-refractivity contribution in [3.05, 3.63) is 48.0 Å². The van der Waals surface area contributed by atoms with Crippen LogP contribution in [-0.2, 0) is 0 Å². The molecular formula is C17H24N2. The number of benzene rings is 2. The minimum absolute atomic E-state index is 0.393. The van der Waals surface area contributed by atoms with Gasteiger partial charge in [0.1, 0.15) is 0 Å². The molecule has 2 heteroatoms. The van der Waals surface area contributed by atoms with Gasteiger partial charge in [0.2, 0.25) is 0 Å². The highest BCUT2D eigenvalue weighted by Crippen LogP contribution is 2.23. The number of hydrogen-bond acceptors (Lipinski definition) is 2. The van der Waals surface area contributed by atoms with Crippen molar-refractivity contribution in [2.75, 3.05) is 13.1 Å². The highest BCUT2D eigenvalue weighted by atomic mass is 14.9. The first kappa shape index (κ1) is 14.0. The van der Waals surface area contributed by atoms with E-state index in [1.54, 1.807) is 0 Å². The SMILES string of the molecule is C[C@H](NCCCCCN)c1cccc2ccccc12. The van der Waals surface area contributed by atoms with Gasteiger partial charge in [-0.3, -0.25) is 0 Å². The van der Waals surface area contributed by atoms with Crippen molar-refractivity contribution in [2.24, 2.45) is 5.73 Å². The summed E-state index contributed by atoms with van der Waals surface area (Å²) in [7, 11) is 0. The molecule has 1 atom stereocenters. The van der Waals surface area contributed by atoms with Gasteiger partial charge in [-0.2, -0.15) is 0 Å². The predicted octanol–water partition coefficient (Wildman–Crippen LogP) is 3.62. The third-order valence-electron chi connectivity index (χ3n) is 3.62. The summed E-state index contributed by atoms with van der Waals surface area (Å²) in [5.41, 5.74) is 6.89. The Bertz CT molecular complexity index is 502. The van der Waals surface area contributed by atoms with E-state index in [1.807, 2.05) is 0 Å². The van der Waals surface area contributed by atoms with Gasteiger partial charge < -0.3 is 11.1 Å². The number of hydrogen-bond donors (Lipinski definition) is 2. The zero-order valence-corrected chi connectivity index (χ0v) is 11.7. The molecule has 0 amide bonds. The van der Waals surface area contributed by atoms with E-state index in [0.717, 1.165) is 19.5 Å². The fourth-order valence-corrected chi connectivity index (χ4v) is 2.50. The predicted molar refractivity (Wildman–Crippen MR) is 83.3 cm³/mol. The van der Waals surface area contributed by atoms with Crippen molar-refractivity contribution < 1.29 is 0 Å². The summed E-state index contributed by atoms with van der Waals surface area (Å²) in [6.45, 7) is 4.11. The molecule has 2 aromatic carbocycles. The maximum atomic E-state index is 5.50. The largest absolute Gasteiger partial charge is 0.330 e. The van der Waals surface area contributed by atoms with Crippen LogP contribution in [0.2, 0.25) is 0 Å². The molecule has 2 nitrogen and oxygen atoms in total. The standard InChI is InChI=1S/C17H24N2/c1-14(19-13-6-2-5-12-18)16-11-7-9-15-8-3-4-10-17(15)16/h3-4,7-11,14,19H,2,5-6,12-13,18H2,1H3/t14-/m0/s1. The van der Waals surface area contributed by atoms with Crippen molar-refractivity contribution in [2.45, 2.75) is 32.2 Å². The highest BCUT2D eigenvalue weighted by molar-refractivity contribution is 5.86. The van der Waals surface area contributed by atoms with Crippen LogP contribution in [0.3, 0.4) is 0 Å². The Morgan fingerprint density at radius 2 is 1.79 bits per heavy atom. The van der Waals surface area contributed by atoms with Gasteiger partial charge in [0.15, 0.2) is 0 Å². The summed E-state index contributed by atoms with van der Waals surface area (Å²) in [5, 5.41) is 6.28. The average Bonchev–Trinajstić information content (AvgIpc) is 2.46. The molecule has 0 bridgehead atoms. The van der Waals surface area contributed by atoms with Crippen LogP contribution in [0.5, 0.6) is 0 Å². The number of nitrogens with two attached hydrogens (primary N) is 1. The average molecular weight is 256 g/mol. The molecule has 0 fully saturated rings. The van der Waals surface area contributed by atoms with E-state index >= 15 is 0 Å². The lowest BCUT2D eigenvalue weighted by molar-refractivity contribution is 0.542. The molecule has 0 saturated carbocycles. The Labute approximate surface area is 116 Å². The first-order chi connectivity index (χ1) is 9.33. The van der Waals surface area contributed by atoms with Crippen molar-refractivity contribution in [1.82, 2.24) is 5.32 Å². The molecule has 0 spiro atoms. The van der Waals surface area contributed by atoms with Crippen LogP contribution in [0.1, 0.15) is 37.8 Å². The second-order valence-corrected chi connectivity index (χ2v) is 5.09. The molecule has 3 N–H and O–H groups in total. The summed E-state index contributed by atoms with van der Waals surface area (Å²) in [6, 6.07) is 15.5. The molecule has 0 radical (unpaired) electrons. The Balaban J connectivity index is 1.99. The lowest BCUT2D eigenvalue weighted by atomic mass is 9.99. The van der Waals surface area contributed by atoms with Crippen LogP contribution in [0, 0.1) is 0 Å². The summed E-state index contributed by atoms with van der Waals surface area (Å²) < 4.78 is 0. The molecule has 2 rings (SSSR count). The van der Waals surface area contributed by atoms with Crippen LogP contribution in [0.15, 0.2) is 42.5 Å². The van der Waals surface area contributed by atoms with Gasteiger partial charge in [0.05, 0.1) is 0 Å². The maximum Gasteiger partial charge on any atom is 0.0297 e. The molecule has 2 aromatic rings. The number of fused-ring (bicyclic) bond motifs is 1. The third kappa shape index (κ3) is 3.79. The first-order valence-electron chi connectivity index (χ1n) is 7.24. The van der Waals surface area contributed by atoms with Gasteiger partial charge in [-0.05, 0) is 49.2 Å². The van der Waals surface area contributed by atoms with Gasteiger partial charge in [-0.25, -0.2) is 0 Å². The van der Waals surface area contributed by atoms with E-state index in [-0.39, 0.29) is 0 Å². The van der Waals surface area contributed by atoms with Crippen LogP contribution in [-0.4, -0.2) is 13.1 Å². The van der Waals surface area contributed by atoms with E-state index in [4.69, 9.17) is 5.73 Å². The van der Waals surface area contributed by atoms with E-state index in [1.165, 1.54) is 29.2 Å². The van der Waals surface area contributed by atoms with E-state index in [2.05, 4.69) is 54.7 Å². The van der Waals surface area contributed by atoms with Gasteiger partial charge in [-0.1, -0.05) is 48.9 Å². The monoisotopic (exact) mass is 256 g/mol. The molecular weight excluding hydrogens is 232 g/mol. The Kier molecular flexibility index (Phi) is 5.37. The molecule has 0 aromatic heterocycles. The quantitative estimate of drug-likeness (QED) is 0.743. The minimum Gasteiger partial charge on any atom is -0.330 e. The minimum atomic E-state index is 0.393. The lowest BCUT2D eigenvalue weighted by Crippen LogP contribution is -2.20. The Morgan fingerprint density at radius 3 is 2.63 bits per heavy atom. The molecule has 0 aliphatic carbocycles. The third-order valence-corrected chi connectivity index (χ3v) is 3.62. The Hall–Kier alpha value is -1.38. The first-order valence-corrected chi connectivity index (χ1v) is 7.24. The van der Waals surface area contributed by atoms with E-state index < -0.39 is 0 Å². The number of rotatable bonds is 7. The summed E-state index contributed by atoms with van der Waals surface area (Å²) in [6.07, 6.45) is 3.54. The highest BCUT2D eigenvalue weighted by Gasteiger charge is 2.07. The summed E-state index contributed by atoms with van der Waals surface area (Å²) >= 11 is 0. The lowest BCUT2D eigenvalue weighted by Gasteiger charge is -2.16. The molecule has 0 aliphatic rings. The smallest absolute Gasteiger partial charge is 0.0297 e. The van der Waals surface area contributed by atoms with E-state index in [9.17, 15) is 0 Å². The van der Waals surface area contributed by atoms with Gasteiger partial charge in [-0.15, -0.1) is 0 Å². The molecule has 19 heavy (non-hydrogen) atoms. The van der Waals surface area contributed by atoms with Crippen LogP contribution in [0.4, 0.5) is 0 Å². The van der Waals surface area contributed by atoms with Crippen LogP contribution in [0.25, 0.3) is 10.8 Å². The number of unbranched alkanes of at least 4 members (excludes halogenated alkanes) is 2. The van der Waals surface area contributed by atoms with Gasteiger partial charge in [0, 0.05) is 6.04 Å². The molecule has 0 heterocycles. The summed E-state index contributed by atoms with van der Waals surface area (Å²) in [4.78, 5) is 0.